The monoisotopic (exact) mass is 338 g/mol. The van der Waals surface area contributed by atoms with Gasteiger partial charge in [0.05, 0.1) is 11.3 Å². The third-order valence-electron chi connectivity index (χ3n) is 4.35. The van der Waals surface area contributed by atoms with Gasteiger partial charge in [0.1, 0.15) is 0 Å². The van der Waals surface area contributed by atoms with Crippen molar-refractivity contribution in [3.05, 3.63) is 59.9 Å². The summed E-state index contributed by atoms with van der Waals surface area (Å²) in [5, 5.41) is 3.30. The highest BCUT2D eigenvalue weighted by atomic mass is 16.2. The van der Waals surface area contributed by atoms with Gasteiger partial charge < -0.3 is 10.2 Å². The average Bonchev–Trinajstić information content (AvgIpc) is 2.62. The zero-order valence-corrected chi connectivity index (χ0v) is 15.0. The molecule has 1 aromatic heterocycles. The zero-order chi connectivity index (χ0) is 17.6. The van der Waals surface area contributed by atoms with E-state index >= 15 is 0 Å². The molecule has 25 heavy (non-hydrogen) atoms. The minimum atomic E-state index is 0.0688. The van der Waals surface area contributed by atoms with Crippen LogP contribution in [0.2, 0.25) is 0 Å². The molecule has 0 spiro atoms. The lowest BCUT2D eigenvalue weighted by Crippen LogP contribution is -2.48. The molecule has 0 atom stereocenters. The number of benzene rings is 1. The van der Waals surface area contributed by atoms with Gasteiger partial charge in [-0.2, -0.15) is 0 Å². The fourth-order valence-electron chi connectivity index (χ4n) is 3.10. The van der Waals surface area contributed by atoms with Crippen molar-refractivity contribution < 1.29 is 4.79 Å². The molecule has 5 heteroatoms. The summed E-state index contributed by atoms with van der Waals surface area (Å²) in [5.41, 5.74) is 2.87. The van der Waals surface area contributed by atoms with Crippen molar-refractivity contribution in [2.75, 3.05) is 31.5 Å². The molecular weight excluding hydrogens is 312 g/mol. The summed E-state index contributed by atoms with van der Waals surface area (Å²) in [6.45, 7) is 8.40. The Morgan fingerprint density at radius 1 is 1.12 bits per heavy atom. The molecule has 3 rings (SSSR count). The second kappa shape index (κ2) is 8.12. The van der Waals surface area contributed by atoms with Gasteiger partial charge in [-0.1, -0.05) is 30.3 Å². The van der Waals surface area contributed by atoms with E-state index in [0.717, 1.165) is 38.4 Å². The molecule has 0 aliphatic carbocycles. The molecular formula is C20H26N4O. The van der Waals surface area contributed by atoms with Gasteiger partial charge in [0.15, 0.2) is 0 Å². The lowest BCUT2D eigenvalue weighted by atomic mass is 10.1. The highest BCUT2D eigenvalue weighted by Gasteiger charge is 2.22. The average molecular weight is 338 g/mol. The van der Waals surface area contributed by atoms with Gasteiger partial charge in [0, 0.05) is 51.2 Å². The number of nitrogens with zero attached hydrogens (tertiary/aromatic N) is 3. The first-order chi connectivity index (χ1) is 12.1. The predicted molar refractivity (Wildman–Crippen MR) is 101 cm³/mol. The molecule has 1 fully saturated rings. The summed E-state index contributed by atoms with van der Waals surface area (Å²) < 4.78 is 0. The van der Waals surface area contributed by atoms with Crippen molar-refractivity contribution in [2.24, 2.45) is 0 Å². The van der Waals surface area contributed by atoms with Gasteiger partial charge in [-0.25, -0.2) is 0 Å². The van der Waals surface area contributed by atoms with Crippen LogP contribution in [0.1, 0.15) is 29.8 Å². The fourth-order valence-corrected chi connectivity index (χ4v) is 3.10. The Labute approximate surface area is 149 Å². The van der Waals surface area contributed by atoms with E-state index in [-0.39, 0.29) is 5.91 Å². The van der Waals surface area contributed by atoms with Crippen LogP contribution in [-0.4, -0.2) is 52.9 Å². The van der Waals surface area contributed by atoms with Crippen LogP contribution in [0.15, 0.2) is 48.8 Å². The molecule has 0 radical (unpaired) electrons. The van der Waals surface area contributed by atoms with Gasteiger partial charge >= 0.3 is 0 Å². The number of nitrogens with one attached hydrogen (secondary N) is 1. The van der Waals surface area contributed by atoms with Crippen molar-refractivity contribution in [1.82, 2.24) is 14.8 Å². The number of carbonyl (C=O) groups is 1. The Hall–Kier alpha value is -2.40. The standard InChI is InChI=1S/C20H26N4O/c1-16(2)22-19-12-18(13-21-14-19)20(25)24-10-8-23(9-11-24)15-17-6-4-3-5-7-17/h3-7,12-14,16,22H,8-11,15H2,1-2H3. The Morgan fingerprint density at radius 2 is 1.84 bits per heavy atom. The predicted octanol–water partition coefficient (Wildman–Crippen LogP) is 2.86. The van der Waals surface area contributed by atoms with Gasteiger partial charge in [0.2, 0.25) is 0 Å². The van der Waals surface area contributed by atoms with E-state index in [9.17, 15) is 4.79 Å². The number of pyridine rings is 1. The highest BCUT2D eigenvalue weighted by Crippen LogP contribution is 2.14. The molecule has 1 saturated heterocycles. The van der Waals surface area contributed by atoms with E-state index in [2.05, 4.69) is 53.3 Å². The quantitative estimate of drug-likeness (QED) is 0.911. The van der Waals surface area contributed by atoms with Crippen molar-refractivity contribution >= 4 is 11.6 Å². The number of piperazine rings is 1. The van der Waals surface area contributed by atoms with Crippen LogP contribution in [0.5, 0.6) is 0 Å². The second-order valence-electron chi connectivity index (χ2n) is 6.82. The molecule has 1 N–H and O–H groups in total. The third-order valence-corrected chi connectivity index (χ3v) is 4.35. The molecule has 1 aliphatic rings. The normalized spacial score (nSPS) is 15.4. The van der Waals surface area contributed by atoms with Gasteiger partial charge in [-0.05, 0) is 25.5 Å². The van der Waals surface area contributed by atoms with Gasteiger partial charge in [0.25, 0.3) is 5.91 Å². The Bertz CT molecular complexity index is 694. The lowest BCUT2D eigenvalue weighted by Gasteiger charge is -2.34. The Balaban J connectivity index is 1.56. The van der Waals surface area contributed by atoms with E-state index in [1.807, 2.05) is 17.0 Å². The van der Waals surface area contributed by atoms with Gasteiger partial charge in [-0.15, -0.1) is 0 Å². The highest BCUT2D eigenvalue weighted by molar-refractivity contribution is 5.94. The molecule has 0 unspecified atom stereocenters. The smallest absolute Gasteiger partial charge is 0.255 e. The summed E-state index contributed by atoms with van der Waals surface area (Å²) in [5.74, 6) is 0.0688. The molecule has 0 saturated carbocycles. The Kier molecular flexibility index (Phi) is 5.66. The molecule has 0 bridgehead atoms. The van der Waals surface area contributed by atoms with Gasteiger partial charge in [-0.3, -0.25) is 14.7 Å². The summed E-state index contributed by atoms with van der Waals surface area (Å²) >= 11 is 0. The largest absolute Gasteiger partial charge is 0.382 e. The molecule has 5 nitrogen and oxygen atoms in total. The minimum Gasteiger partial charge on any atom is -0.382 e. The summed E-state index contributed by atoms with van der Waals surface area (Å²) in [6.07, 6.45) is 3.42. The molecule has 1 amide bonds. The lowest BCUT2D eigenvalue weighted by molar-refractivity contribution is 0.0628. The van der Waals surface area contributed by atoms with Crippen molar-refractivity contribution in [3.8, 4) is 0 Å². The van der Waals surface area contributed by atoms with Crippen LogP contribution < -0.4 is 5.32 Å². The number of amides is 1. The van der Waals surface area contributed by atoms with Crippen molar-refractivity contribution in [1.29, 1.82) is 0 Å². The number of hydrogen-bond donors (Lipinski definition) is 1. The first-order valence-electron chi connectivity index (χ1n) is 8.89. The summed E-state index contributed by atoms with van der Waals surface area (Å²) in [6, 6.07) is 12.7. The van der Waals surface area contributed by atoms with Crippen LogP contribution >= 0.6 is 0 Å². The molecule has 1 aliphatic heterocycles. The SMILES string of the molecule is CC(C)Nc1cncc(C(=O)N2CCN(Cc3ccccc3)CC2)c1. The first kappa shape index (κ1) is 17.4. The van der Waals surface area contributed by atoms with Crippen LogP contribution in [0, 0.1) is 0 Å². The fraction of sp³-hybridized carbons (Fsp3) is 0.400. The number of anilines is 1. The second-order valence-corrected chi connectivity index (χ2v) is 6.82. The van der Waals surface area contributed by atoms with E-state index < -0.39 is 0 Å². The Morgan fingerprint density at radius 3 is 2.52 bits per heavy atom. The zero-order valence-electron chi connectivity index (χ0n) is 15.0. The van der Waals surface area contributed by atoms with E-state index in [1.165, 1.54) is 5.56 Å². The minimum absolute atomic E-state index is 0.0688. The summed E-state index contributed by atoms with van der Waals surface area (Å²) in [7, 11) is 0. The number of rotatable bonds is 5. The van der Waals surface area contributed by atoms with Crippen molar-refractivity contribution in [2.45, 2.75) is 26.4 Å². The molecule has 132 valence electrons. The van der Waals surface area contributed by atoms with Crippen LogP contribution in [0.3, 0.4) is 0 Å². The maximum Gasteiger partial charge on any atom is 0.255 e. The van der Waals surface area contributed by atoms with Crippen LogP contribution in [-0.2, 0) is 6.54 Å². The van der Waals surface area contributed by atoms with Crippen molar-refractivity contribution in [3.63, 3.8) is 0 Å². The number of carbonyl (C=O) groups excluding carboxylic acids is 1. The molecule has 1 aromatic carbocycles. The summed E-state index contributed by atoms with van der Waals surface area (Å²) in [4.78, 5) is 21.3. The van der Waals surface area contributed by atoms with Crippen LogP contribution in [0.25, 0.3) is 0 Å². The first-order valence-corrected chi connectivity index (χ1v) is 8.89. The van der Waals surface area contributed by atoms with Crippen LogP contribution in [0.4, 0.5) is 5.69 Å². The topological polar surface area (TPSA) is 48.5 Å². The molecule has 2 aromatic rings. The maximum absolute atomic E-state index is 12.7. The number of aromatic nitrogens is 1. The molecule has 2 heterocycles. The van der Waals surface area contributed by atoms with E-state index in [0.29, 0.717) is 11.6 Å². The van der Waals surface area contributed by atoms with E-state index in [1.54, 1.807) is 12.4 Å². The maximum atomic E-state index is 12.7. The van der Waals surface area contributed by atoms with E-state index in [4.69, 9.17) is 0 Å². The number of hydrogen-bond acceptors (Lipinski definition) is 4. The third kappa shape index (κ3) is 4.79.